The monoisotopic (exact) mass is 407 g/mol. The fraction of sp³-hybridized carbons (Fsp3) is 0.417. The van der Waals surface area contributed by atoms with E-state index in [1.165, 1.54) is 39.8 Å². The molecule has 129 valence electrons. The van der Waals surface area contributed by atoms with Crippen LogP contribution in [0.15, 0.2) is 48.0 Å². The Morgan fingerprint density at radius 2 is 1.68 bits per heavy atom. The first kappa shape index (κ1) is 18.8. The molecule has 3 rings (SSSR count). The first-order chi connectivity index (χ1) is 11.8. The van der Waals surface area contributed by atoms with Crippen molar-refractivity contribution >= 4 is 5.57 Å². The molecule has 1 heteroatoms. The van der Waals surface area contributed by atoms with E-state index >= 15 is 0 Å². The second-order valence-electron chi connectivity index (χ2n) is 8.42. The molecule has 0 aliphatic heterocycles. The summed E-state index contributed by atoms with van der Waals surface area (Å²) in [5.74, 6) is 0.633. The minimum absolute atomic E-state index is 0.231. The Balaban J connectivity index is 2.12. The van der Waals surface area contributed by atoms with Crippen LogP contribution in [-0.4, -0.2) is 0 Å². The molecule has 2 atom stereocenters. The van der Waals surface area contributed by atoms with E-state index < -0.39 is 0 Å². The summed E-state index contributed by atoms with van der Waals surface area (Å²) in [6.45, 7) is 14.0. The van der Waals surface area contributed by atoms with Crippen LogP contribution in [0.3, 0.4) is 0 Å². The second-order valence-corrected chi connectivity index (χ2v) is 9.84. The summed E-state index contributed by atoms with van der Waals surface area (Å²) in [6.07, 6.45) is 1.19. The Labute approximate surface area is 168 Å². The summed E-state index contributed by atoms with van der Waals surface area (Å²) in [5, 5.41) is 0. The van der Waals surface area contributed by atoms with E-state index in [9.17, 15) is 0 Å². The SMILES string of the molecule is CCC(C)c1ccc(-c2cccc3c2C(C)=C(C(C)(C)C)[CH]3[Zr])cc1. The van der Waals surface area contributed by atoms with Gasteiger partial charge >= 0.3 is 169 Å². The van der Waals surface area contributed by atoms with Gasteiger partial charge in [0.05, 0.1) is 0 Å². The summed E-state index contributed by atoms with van der Waals surface area (Å²) >= 11 is 1.60. The number of benzene rings is 2. The minimum atomic E-state index is 0.231. The van der Waals surface area contributed by atoms with Gasteiger partial charge in [0, 0.05) is 0 Å². The van der Waals surface area contributed by atoms with Crippen molar-refractivity contribution in [2.24, 2.45) is 5.41 Å². The van der Waals surface area contributed by atoms with Gasteiger partial charge in [-0.2, -0.15) is 0 Å². The molecular formula is C24H29Zr. The molecule has 2 unspecified atom stereocenters. The van der Waals surface area contributed by atoms with Crippen molar-refractivity contribution < 1.29 is 24.7 Å². The van der Waals surface area contributed by atoms with Crippen LogP contribution in [0, 0.1) is 5.41 Å². The Bertz CT molecular complexity index is 803. The predicted molar refractivity (Wildman–Crippen MR) is 105 cm³/mol. The maximum absolute atomic E-state index is 2.36. The Morgan fingerprint density at radius 3 is 2.24 bits per heavy atom. The van der Waals surface area contributed by atoms with Gasteiger partial charge in [-0.3, -0.25) is 0 Å². The zero-order valence-electron chi connectivity index (χ0n) is 16.4. The quantitative estimate of drug-likeness (QED) is 0.500. The first-order valence-electron chi connectivity index (χ1n) is 9.41. The molecule has 0 nitrogen and oxygen atoms in total. The molecule has 0 saturated carbocycles. The third-order valence-corrected chi connectivity index (χ3v) is 7.16. The van der Waals surface area contributed by atoms with Gasteiger partial charge in [-0.25, -0.2) is 0 Å². The average molecular weight is 409 g/mol. The molecule has 0 radical (unpaired) electrons. The second kappa shape index (κ2) is 6.99. The Morgan fingerprint density at radius 1 is 1.04 bits per heavy atom. The van der Waals surface area contributed by atoms with Crippen molar-refractivity contribution in [3.8, 4) is 11.1 Å². The summed E-state index contributed by atoms with van der Waals surface area (Å²) in [6, 6.07) is 16.2. The van der Waals surface area contributed by atoms with Gasteiger partial charge in [0.1, 0.15) is 0 Å². The number of hydrogen-bond acceptors (Lipinski definition) is 0. The van der Waals surface area contributed by atoms with Crippen LogP contribution in [0.5, 0.6) is 0 Å². The molecule has 0 saturated heterocycles. The van der Waals surface area contributed by atoms with E-state index in [2.05, 4.69) is 84.0 Å². The van der Waals surface area contributed by atoms with Crippen molar-refractivity contribution in [1.29, 1.82) is 0 Å². The maximum atomic E-state index is 2.36. The van der Waals surface area contributed by atoms with Crippen molar-refractivity contribution in [3.05, 3.63) is 64.7 Å². The van der Waals surface area contributed by atoms with Gasteiger partial charge in [0.15, 0.2) is 0 Å². The van der Waals surface area contributed by atoms with Gasteiger partial charge < -0.3 is 0 Å². The molecule has 0 amide bonds. The summed E-state index contributed by atoms with van der Waals surface area (Å²) in [7, 11) is 0. The number of rotatable bonds is 3. The normalized spacial score (nSPS) is 18.4. The van der Waals surface area contributed by atoms with E-state index in [-0.39, 0.29) is 5.41 Å². The summed E-state index contributed by atoms with van der Waals surface area (Å²) in [5.41, 5.74) is 10.6. The average Bonchev–Trinajstić information content (AvgIpc) is 2.85. The predicted octanol–water partition coefficient (Wildman–Crippen LogP) is 7.29. The molecule has 1 aliphatic rings. The fourth-order valence-corrected chi connectivity index (χ4v) is 6.39. The van der Waals surface area contributed by atoms with Crippen LogP contribution in [0.25, 0.3) is 16.7 Å². The van der Waals surface area contributed by atoms with Crippen molar-refractivity contribution in [1.82, 2.24) is 0 Å². The summed E-state index contributed by atoms with van der Waals surface area (Å²) in [4.78, 5) is 0. The van der Waals surface area contributed by atoms with E-state index in [0.29, 0.717) is 9.54 Å². The fourth-order valence-electron chi connectivity index (χ4n) is 4.20. The first-order valence-corrected chi connectivity index (χ1v) is 10.8. The van der Waals surface area contributed by atoms with Crippen LogP contribution in [0.1, 0.15) is 74.2 Å². The van der Waals surface area contributed by atoms with Crippen molar-refractivity contribution in [2.45, 2.75) is 57.5 Å². The number of fused-ring (bicyclic) bond motifs is 1. The van der Waals surface area contributed by atoms with Gasteiger partial charge in [-0.1, -0.05) is 0 Å². The zero-order valence-corrected chi connectivity index (χ0v) is 18.9. The van der Waals surface area contributed by atoms with E-state index in [1.807, 2.05) is 0 Å². The van der Waals surface area contributed by atoms with Crippen LogP contribution in [0.4, 0.5) is 0 Å². The van der Waals surface area contributed by atoms with Gasteiger partial charge in [0.2, 0.25) is 0 Å². The molecular weight excluding hydrogens is 379 g/mol. The molecule has 0 fully saturated rings. The van der Waals surface area contributed by atoms with Crippen LogP contribution in [-0.2, 0) is 24.7 Å². The van der Waals surface area contributed by atoms with Gasteiger partial charge in [-0.05, 0) is 0 Å². The van der Waals surface area contributed by atoms with E-state index in [1.54, 1.807) is 30.3 Å². The number of hydrogen-bond donors (Lipinski definition) is 0. The molecule has 0 N–H and O–H groups in total. The third-order valence-electron chi connectivity index (χ3n) is 5.69. The van der Waals surface area contributed by atoms with Gasteiger partial charge in [0.25, 0.3) is 0 Å². The molecule has 1 aliphatic carbocycles. The molecule has 2 aromatic carbocycles. The molecule has 25 heavy (non-hydrogen) atoms. The topological polar surface area (TPSA) is 0 Å². The molecule has 0 bridgehead atoms. The van der Waals surface area contributed by atoms with Crippen LogP contribution in [0.2, 0.25) is 0 Å². The molecule has 2 aromatic rings. The van der Waals surface area contributed by atoms with E-state index in [4.69, 9.17) is 0 Å². The van der Waals surface area contributed by atoms with Crippen LogP contribution < -0.4 is 0 Å². The van der Waals surface area contributed by atoms with E-state index in [0.717, 1.165) is 0 Å². The van der Waals surface area contributed by atoms with Crippen molar-refractivity contribution in [3.63, 3.8) is 0 Å². The Hall–Kier alpha value is -0.937. The van der Waals surface area contributed by atoms with Crippen LogP contribution >= 0.6 is 0 Å². The summed E-state index contributed by atoms with van der Waals surface area (Å²) < 4.78 is 0.599. The van der Waals surface area contributed by atoms with Gasteiger partial charge in [-0.15, -0.1) is 0 Å². The van der Waals surface area contributed by atoms with Crippen molar-refractivity contribution in [2.75, 3.05) is 0 Å². The standard InChI is InChI=1S/C24H29.Zr/c1-7-16(2)18-11-13-19(14-12-18)21-10-8-9-20-15-22(24(4,5)6)17(3)23(20)21;/h8-16H,7H2,1-6H3;. The number of allylic oxidation sites excluding steroid dienone is 2. The molecule has 0 heterocycles. The molecule has 0 aromatic heterocycles. The zero-order chi connectivity index (χ0) is 18.4. The third kappa shape index (κ3) is 3.37. The Kier molecular flexibility index (Phi) is 5.27. The molecule has 0 spiro atoms.